The molecule has 0 aliphatic carbocycles. The van der Waals surface area contributed by atoms with Gasteiger partial charge in [0.05, 0.1) is 23.2 Å². The number of hydrogen-bond acceptors (Lipinski definition) is 6. The van der Waals surface area contributed by atoms with Crippen LogP contribution in [0.25, 0.3) is 11.3 Å². The van der Waals surface area contributed by atoms with Gasteiger partial charge in [-0.05, 0) is 19.1 Å². The quantitative estimate of drug-likeness (QED) is 0.650. The summed E-state index contributed by atoms with van der Waals surface area (Å²) in [6.07, 6.45) is 1.99. The normalized spacial score (nSPS) is 15.9. The highest BCUT2D eigenvalue weighted by Gasteiger charge is 2.33. The lowest BCUT2D eigenvalue weighted by Gasteiger charge is -2.17. The molecule has 2 aromatic heterocycles. The number of pyridine rings is 1. The van der Waals surface area contributed by atoms with Gasteiger partial charge in [0.15, 0.2) is 0 Å². The van der Waals surface area contributed by atoms with Gasteiger partial charge in [-0.3, -0.25) is 4.79 Å². The zero-order chi connectivity index (χ0) is 20.4. The molecule has 8 heteroatoms. The second-order valence-electron chi connectivity index (χ2n) is 6.72. The molecule has 1 aliphatic heterocycles. The third kappa shape index (κ3) is 3.80. The number of nitrogens with zero attached hydrogens (tertiary/aromatic N) is 4. The van der Waals surface area contributed by atoms with Gasteiger partial charge in [0.2, 0.25) is 5.88 Å². The summed E-state index contributed by atoms with van der Waals surface area (Å²) in [6.45, 7) is 2.65. The van der Waals surface area contributed by atoms with Crippen molar-refractivity contribution in [2.45, 2.75) is 19.4 Å². The fraction of sp³-hybridized carbons (Fsp3) is 0.238. The maximum atomic E-state index is 13.2. The van der Waals surface area contributed by atoms with Crippen LogP contribution in [0.4, 0.5) is 0 Å². The van der Waals surface area contributed by atoms with Crippen molar-refractivity contribution in [1.82, 2.24) is 15.0 Å². The average molecular weight is 409 g/mol. The fourth-order valence-electron chi connectivity index (χ4n) is 3.34. The molecule has 4 rings (SSSR count). The molecule has 3 heterocycles. The van der Waals surface area contributed by atoms with E-state index in [-0.39, 0.29) is 12.0 Å². The molecule has 146 valence electrons. The molecule has 1 saturated heterocycles. The molecule has 0 N–H and O–H groups in total. The van der Waals surface area contributed by atoms with Gasteiger partial charge >= 0.3 is 0 Å². The van der Waals surface area contributed by atoms with E-state index in [2.05, 4.69) is 16.2 Å². The molecule has 29 heavy (non-hydrogen) atoms. The van der Waals surface area contributed by atoms with Crippen molar-refractivity contribution in [3.63, 3.8) is 0 Å². The summed E-state index contributed by atoms with van der Waals surface area (Å²) in [5.41, 5.74) is 1.97. The minimum absolute atomic E-state index is 0.177. The zero-order valence-electron chi connectivity index (χ0n) is 15.6. The second kappa shape index (κ2) is 7.94. The van der Waals surface area contributed by atoms with E-state index < -0.39 is 0 Å². The number of carbonyl (C=O) groups excluding carboxylic acids is 1. The van der Waals surface area contributed by atoms with Crippen LogP contribution in [0.1, 0.15) is 28.1 Å². The summed E-state index contributed by atoms with van der Waals surface area (Å²) in [5, 5.41) is 13.6. The summed E-state index contributed by atoms with van der Waals surface area (Å²) in [7, 11) is 0. The number of ether oxygens (including phenoxy) is 1. The summed E-state index contributed by atoms with van der Waals surface area (Å²) in [4.78, 5) is 19.0. The molecule has 7 nitrogen and oxygen atoms in total. The van der Waals surface area contributed by atoms with Gasteiger partial charge in [-0.2, -0.15) is 5.26 Å². The number of rotatable bonds is 4. The lowest BCUT2D eigenvalue weighted by Crippen LogP contribution is -2.31. The van der Waals surface area contributed by atoms with E-state index in [0.29, 0.717) is 58.6 Å². The van der Waals surface area contributed by atoms with Crippen LogP contribution in [-0.4, -0.2) is 40.1 Å². The van der Waals surface area contributed by atoms with Crippen LogP contribution in [0.5, 0.6) is 5.88 Å². The van der Waals surface area contributed by atoms with E-state index >= 15 is 0 Å². The first-order valence-electron chi connectivity index (χ1n) is 9.10. The van der Waals surface area contributed by atoms with Gasteiger partial charge in [-0.1, -0.05) is 35.0 Å². The molecule has 0 saturated carbocycles. The van der Waals surface area contributed by atoms with Gasteiger partial charge in [-0.25, -0.2) is 4.98 Å². The maximum Gasteiger partial charge on any atom is 0.259 e. The number of halogens is 1. The largest absolute Gasteiger partial charge is 0.472 e. The topological polar surface area (TPSA) is 92.3 Å². The van der Waals surface area contributed by atoms with Crippen molar-refractivity contribution in [3.8, 4) is 23.2 Å². The van der Waals surface area contributed by atoms with Crippen molar-refractivity contribution < 1.29 is 14.1 Å². The fourth-order valence-corrected chi connectivity index (χ4v) is 3.57. The molecule has 1 atom stereocenters. The lowest BCUT2D eigenvalue weighted by molar-refractivity contribution is 0.0770. The minimum Gasteiger partial charge on any atom is -0.472 e. The Balaban J connectivity index is 1.52. The van der Waals surface area contributed by atoms with Crippen LogP contribution in [-0.2, 0) is 0 Å². The molecule has 1 unspecified atom stereocenters. The molecular weight excluding hydrogens is 392 g/mol. The molecule has 1 aliphatic rings. The van der Waals surface area contributed by atoms with Gasteiger partial charge in [0, 0.05) is 30.8 Å². The molecule has 0 bridgehead atoms. The van der Waals surface area contributed by atoms with Crippen LogP contribution in [0, 0.1) is 18.3 Å². The minimum atomic E-state index is -0.204. The Labute approximate surface area is 172 Å². The number of carbonyl (C=O) groups is 1. The Hall–Kier alpha value is -3.37. The van der Waals surface area contributed by atoms with Crippen molar-refractivity contribution in [2.24, 2.45) is 0 Å². The van der Waals surface area contributed by atoms with Crippen LogP contribution in [0.3, 0.4) is 0 Å². The van der Waals surface area contributed by atoms with Crippen LogP contribution >= 0.6 is 11.6 Å². The Kier molecular flexibility index (Phi) is 5.19. The zero-order valence-corrected chi connectivity index (χ0v) is 16.4. The molecule has 1 amide bonds. The summed E-state index contributed by atoms with van der Waals surface area (Å²) >= 11 is 6.29. The first kappa shape index (κ1) is 19.0. The summed E-state index contributed by atoms with van der Waals surface area (Å²) < 4.78 is 11.2. The number of aromatic nitrogens is 2. The van der Waals surface area contributed by atoms with E-state index in [9.17, 15) is 4.79 Å². The second-order valence-corrected chi connectivity index (χ2v) is 7.12. The number of amides is 1. The van der Waals surface area contributed by atoms with E-state index in [1.54, 1.807) is 36.1 Å². The molecule has 3 aromatic rings. The lowest BCUT2D eigenvalue weighted by atomic mass is 10.1. The third-order valence-corrected chi connectivity index (χ3v) is 5.12. The monoisotopic (exact) mass is 408 g/mol. The highest BCUT2D eigenvalue weighted by molar-refractivity contribution is 6.33. The predicted octanol–water partition coefficient (Wildman–Crippen LogP) is 3.86. The highest BCUT2D eigenvalue weighted by atomic mass is 35.5. The predicted molar refractivity (Wildman–Crippen MR) is 106 cm³/mol. The van der Waals surface area contributed by atoms with E-state index in [1.807, 2.05) is 12.1 Å². The van der Waals surface area contributed by atoms with Crippen molar-refractivity contribution in [1.29, 1.82) is 5.26 Å². The SMILES string of the molecule is Cc1onc(-c2ccccc2Cl)c1C(=O)N1CCC(Oc2cc(C#N)ccn2)C1. The number of nitriles is 1. The third-order valence-electron chi connectivity index (χ3n) is 4.79. The van der Waals surface area contributed by atoms with E-state index in [0.717, 1.165) is 0 Å². The molecule has 0 spiro atoms. The van der Waals surface area contributed by atoms with Gasteiger partial charge in [0.25, 0.3) is 5.91 Å². The van der Waals surface area contributed by atoms with Crippen molar-refractivity contribution >= 4 is 17.5 Å². The number of benzene rings is 1. The van der Waals surface area contributed by atoms with Gasteiger partial charge < -0.3 is 14.2 Å². The van der Waals surface area contributed by atoms with Crippen LogP contribution < -0.4 is 4.74 Å². The van der Waals surface area contributed by atoms with Gasteiger partial charge in [0.1, 0.15) is 23.1 Å². The Bertz CT molecular complexity index is 1110. The standard InChI is InChI=1S/C21H17ClN4O3/c1-13-19(20(25-29-13)16-4-2-3-5-17(16)22)21(27)26-9-7-15(12-26)28-18-10-14(11-23)6-8-24-18/h2-6,8,10,15H,7,9,12H2,1H3. The number of aryl methyl sites for hydroxylation is 1. The average Bonchev–Trinajstić information content (AvgIpc) is 3.35. The van der Waals surface area contributed by atoms with E-state index in [1.165, 1.54) is 6.20 Å². The Morgan fingerprint density at radius 1 is 1.38 bits per heavy atom. The van der Waals surface area contributed by atoms with Crippen molar-refractivity contribution in [2.75, 3.05) is 13.1 Å². The number of hydrogen-bond donors (Lipinski definition) is 0. The Morgan fingerprint density at radius 3 is 3.00 bits per heavy atom. The molecular formula is C21H17ClN4O3. The highest BCUT2D eigenvalue weighted by Crippen LogP contribution is 2.32. The van der Waals surface area contributed by atoms with Gasteiger partial charge in [-0.15, -0.1) is 0 Å². The van der Waals surface area contributed by atoms with Crippen LogP contribution in [0.15, 0.2) is 47.1 Å². The molecule has 0 radical (unpaired) electrons. The van der Waals surface area contributed by atoms with Crippen LogP contribution in [0.2, 0.25) is 5.02 Å². The summed E-state index contributed by atoms with van der Waals surface area (Å²) in [6, 6.07) is 12.5. The first-order chi connectivity index (χ1) is 14.1. The van der Waals surface area contributed by atoms with Crippen molar-refractivity contribution in [3.05, 3.63) is 64.5 Å². The molecule has 1 fully saturated rings. The number of likely N-dealkylation sites (tertiary alicyclic amines) is 1. The maximum absolute atomic E-state index is 13.2. The Morgan fingerprint density at radius 2 is 2.21 bits per heavy atom. The van der Waals surface area contributed by atoms with E-state index in [4.69, 9.17) is 26.1 Å². The summed E-state index contributed by atoms with van der Waals surface area (Å²) in [5.74, 6) is 0.641. The first-order valence-corrected chi connectivity index (χ1v) is 9.48. The molecule has 1 aromatic carbocycles. The smallest absolute Gasteiger partial charge is 0.259 e.